The smallest absolute Gasteiger partial charge is 0.321 e. The number of aliphatic imine (C=N–C) groups is 1. The number of urea groups is 1. The van der Waals surface area contributed by atoms with Gasteiger partial charge in [0.1, 0.15) is 24.2 Å². The van der Waals surface area contributed by atoms with Gasteiger partial charge in [0.15, 0.2) is 5.96 Å². The average Bonchev–Trinajstić information content (AvgIpc) is 3.09. The molecule has 51 heavy (non-hydrogen) atoms. The maximum absolute atomic E-state index is 14.2. The molecule has 9 N–H and O–H groups in total. The molecule has 17 nitrogen and oxygen atoms in total. The first-order valence-corrected chi connectivity index (χ1v) is 16.9. The van der Waals surface area contributed by atoms with Crippen molar-refractivity contribution in [2.75, 3.05) is 20.6 Å². The molecule has 1 aromatic rings. The molecule has 0 bridgehead atoms. The topological polar surface area (TPSA) is 254 Å². The van der Waals surface area contributed by atoms with Crippen molar-refractivity contribution in [2.24, 2.45) is 16.6 Å². The van der Waals surface area contributed by atoms with E-state index in [2.05, 4.69) is 36.9 Å². The predicted octanol–water partition coefficient (Wildman–Crippen LogP) is -0.480. The van der Waals surface area contributed by atoms with Crippen molar-refractivity contribution in [3.8, 4) is 0 Å². The quantitative estimate of drug-likeness (QED) is 0.0637. The Kier molecular flexibility index (Phi) is 17.1. The van der Waals surface area contributed by atoms with Crippen LogP contribution in [0.4, 0.5) is 4.79 Å². The van der Waals surface area contributed by atoms with Crippen molar-refractivity contribution in [1.29, 1.82) is 0 Å². The van der Waals surface area contributed by atoms with Crippen LogP contribution in [-0.4, -0.2) is 108 Å². The van der Waals surface area contributed by atoms with Crippen LogP contribution >= 0.6 is 0 Å². The maximum atomic E-state index is 14.2. The zero-order valence-electron chi connectivity index (χ0n) is 29.7. The molecule has 1 aliphatic rings. The molecule has 2 rings (SSSR count). The summed E-state index contributed by atoms with van der Waals surface area (Å²) in [5.41, 5.74) is 6.42. The number of benzene rings is 1. The zero-order valence-corrected chi connectivity index (χ0v) is 29.7. The Labute approximate surface area is 297 Å². The first kappa shape index (κ1) is 41.7. The number of hydrogen-bond donors (Lipinski definition) is 8. The fraction of sp³-hybridized carbons (Fsp3) is 0.529. The van der Waals surface area contributed by atoms with Gasteiger partial charge in [-0.05, 0) is 38.2 Å². The van der Waals surface area contributed by atoms with Crippen LogP contribution in [0.3, 0.4) is 0 Å². The third-order valence-electron chi connectivity index (χ3n) is 8.31. The van der Waals surface area contributed by atoms with Gasteiger partial charge in [-0.2, -0.15) is 0 Å². The number of hydrogen-bond acceptors (Lipinski definition) is 8. The van der Waals surface area contributed by atoms with E-state index in [-0.39, 0.29) is 38.2 Å². The third kappa shape index (κ3) is 13.7. The Bertz CT molecular complexity index is 1450. The summed E-state index contributed by atoms with van der Waals surface area (Å²) in [7, 11) is 2.80. The summed E-state index contributed by atoms with van der Waals surface area (Å²) in [5, 5.41) is 24.8. The molecule has 6 atom stereocenters. The van der Waals surface area contributed by atoms with Gasteiger partial charge in [-0.1, -0.05) is 56.3 Å². The average molecular weight is 714 g/mol. The lowest BCUT2D eigenvalue weighted by molar-refractivity contribution is -0.145. The Hall–Kier alpha value is -5.48. The van der Waals surface area contributed by atoms with E-state index in [1.54, 1.807) is 37.3 Å². The molecule has 7 amide bonds. The normalized spacial score (nSPS) is 24.3. The van der Waals surface area contributed by atoms with Gasteiger partial charge in [0.2, 0.25) is 29.5 Å². The Morgan fingerprint density at radius 3 is 2.24 bits per heavy atom. The van der Waals surface area contributed by atoms with Gasteiger partial charge in [-0.25, -0.2) is 4.79 Å². The number of aliphatic carboxylic acids is 1. The molecular formula is C34H51N9O8. The molecule has 0 saturated carbocycles. The summed E-state index contributed by atoms with van der Waals surface area (Å²) in [6, 6.07) is 2.30. The minimum atomic E-state index is -1.58. The summed E-state index contributed by atoms with van der Waals surface area (Å²) in [4.78, 5) is 97.0. The number of nitrogens with zero attached hydrogens (tertiary/aromatic N) is 2. The van der Waals surface area contributed by atoms with Crippen molar-refractivity contribution >= 4 is 47.5 Å². The van der Waals surface area contributed by atoms with E-state index in [1.807, 2.05) is 19.1 Å². The first-order valence-electron chi connectivity index (χ1n) is 16.9. The first-order chi connectivity index (χ1) is 24.2. The molecule has 1 fully saturated rings. The third-order valence-corrected chi connectivity index (χ3v) is 8.31. The number of nitrogens with two attached hydrogens (primary N) is 1. The van der Waals surface area contributed by atoms with Gasteiger partial charge in [0.25, 0.3) is 0 Å². The number of carboxylic acid groups (broad SMARTS) is 1. The molecule has 17 heteroatoms. The summed E-state index contributed by atoms with van der Waals surface area (Å²) in [6.07, 6.45) is 4.13. The molecule has 1 heterocycles. The molecule has 0 aromatic heterocycles. The Balaban J connectivity index is 2.59. The highest BCUT2D eigenvalue weighted by Crippen LogP contribution is 2.16. The Morgan fingerprint density at radius 1 is 0.941 bits per heavy atom. The highest BCUT2D eigenvalue weighted by atomic mass is 16.4. The number of rotatable bonds is 11. The van der Waals surface area contributed by atoms with Crippen molar-refractivity contribution in [2.45, 2.75) is 89.5 Å². The fourth-order valence-corrected chi connectivity index (χ4v) is 5.24. The monoisotopic (exact) mass is 713 g/mol. The van der Waals surface area contributed by atoms with Crippen LogP contribution in [-0.2, 0) is 35.2 Å². The summed E-state index contributed by atoms with van der Waals surface area (Å²) in [6.45, 7) is 5.01. The van der Waals surface area contributed by atoms with Gasteiger partial charge in [-0.3, -0.25) is 39.1 Å². The zero-order chi connectivity index (χ0) is 38.1. The van der Waals surface area contributed by atoms with E-state index in [0.29, 0.717) is 12.0 Å². The number of carboxylic acids is 1. The number of amides is 7. The lowest BCUT2D eigenvalue weighted by Crippen LogP contribution is -2.60. The van der Waals surface area contributed by atoms with Crippen molar-refractivity contribution in [3.05, 3.63) is 48.0 Å². The van der Waals surface area contributed by atoms with E-state index in [1.165, 1.54) is 21.0 Å². The van der Waals surface area contributed by atoms with E-state index in [0.717, 1.165) is 4.90 Å². The standard InChI is InChI=1S/C34H51N9O8/c1-6-7-9-15-23-20(2)28(46)40-24(16-12-17-37-33(35)42-34(51)36-4)32(50)43(5)26(18-22-13-10-8-11-14-22)31(49)41-25(19-27(44)45)30(48)38-21(3)29(47)39-23/h7-11,13-14,20-21,23-26H,6,12,15-19H2,1-5H3,(H,38,48)(H,39,47)(H,40,46)(H,41,49)(H,44,45)(H4,35,36,37,42,51)/b9-7+/t20-,21-,23-,24-,25-,26-/m0/s1. The number of carbonyl (C=O) groups is 7. The summed E-state index contributed by atoms with van der Waals surface area (Å²) >= 11 is 0. The fourth-order valence-electron chi connectivity index (χ4n) is 5.24. The number of nitrogens with one attached hydrogen (secondary N) is 6. The van der Waals surface area contributed by atoms with Crippen molar-refractivity contribution in [3.63, 3.8) is 0 Å². The van der Waals surface area contributed by atoms with Gasteiger partial charge in [0.05, 0.1) is 12.3 Å². The second-order valence-corrected chi connectivity index (χ2v) is 12.2. The largest absolute Gasteiger partial charge is 0.481 e. The molecular weight excluding hydrogens is 662 g/mol. The van der Waals surface area contributed by atoms with Crippen LogP contribution in [0.1, 0.15) is 58.4 Å². The van der Waals surface area contributed by atoms with Crippen LogP contribution in [0, 0.1) is 5.92 Å². The molecule has 1 aliphatic heterocycles. The van der Waals surface area contributed by atoms with E-state index in [4.69, 9.17) is 5.73 Å². The Morgan fingerprint density at radius 2 is 1.61 bits per heavy atom. The second kappa shape index (κ2) is 20.9. The van der Waals surface area contributed by atoms with Gasteiger partial charge < -0.3 is 42.3 Å². The summed E-state index contributed by atoms with van der Waals surface area (Å²) in [5.74, 6) is -5.95. The van der Waals surface area contributed by atoms with Crippen molar-refractivity contribution in [1.82, 2.24) is 36.8 Å². The molecule has 280 valence electrons. The number of allylic oxidation sites excluding steroid dienone is 1. The minimum absolute atomic E-state index is 0.00989. The summed E-state index contributed by atoms with van der Waals surface area (Å²) < 4.78 is 0. The van der Waals surface area contributed by atoms with Crippen LogP contribution in [0.2, 0.25) is 0 Å². The number of carbonyl (C=O) groups excluding carboxylic acids is 6. The van der Waals surface area contributed by atoms with Crippen molar-refractivity contribution < 1.29 is 38.7 Å². The van der Waals surface area contributed by atoms with E-state index >= 15 is 0 Å². The molecule has 1 saturated heterocycles. The van der Waals surface area contributed by atoms with Crippen LogP contribution in [0.5, 0.6) is 0 Å². The second-order valence-electron chi connectivity index (χ2n) is 12.2. The van der Waals surface area contributed by atoms with E-state index < -0.39 is 84.1 Å². The SMILES string of the molecule is CC/C=C/C[C@@H]1NC(=O)[C@H](C)NC(=O)[C@H](CC(=O)O)NC(=O)[C@H](Cc2ccccc2)N(C)C(=O)[C@H](CCCN=C(N)NC(=O)NC)NC(=O)[C@H]1C. The molecule has 0 spiro atoms. The highest BCUT2D eigenvalue weighted by molar-refractivity contribution is 5.97. The molecule has 0 unspecified atom stereocenters. The lowest BCUT2D eigenvalue weighted by atomic mass is 9.95. The van der Waals surface area contributed by atoms with Crippen LogP contribution in [0.25, 0.3) is 0 Å². The lowest BCUT2D eigenvalue weighted by Gasteiger charge is -2.33. The maximum Gasteiger partial charge on any atom is 0.321 e. The van der Waals surface area contributed by atoms with Gasteiger partial charge in [0, 0.05) is 33.1 Å². The van der Waals surface area contributed by atoms with Crippen LogP contribution < -0.4 is 37.6 Å². The predicted molar refractivity (Wildman–Crippen MR) is 189 cm³/mol. The van der Waals surface area contributed by atoms with E-state index in [9.17, 15) is 38.7 Å². The molecule has 0 aliphatic carbocycles. The highest BCUT2D eigenvalue weighted by Gasteiger charge is 2.37. The molecule has 0 radical (unpaired) electrons. The van der Waals surface area contributed by atoms with Crippen LogP contribution in [0.15, 0.2) is 47.5 Å². The van der Waals surface area contributed by atoms with Gasteiger partial charge in [-0.15, -0.1) is 0 Å². The number of likely N-dealkylation sites (N-methyl/N-ethyl adjacent to an activating group) is 1. The molecule has 1 aromatic carbocycles. The van der Waals surface area contributed by atoms with Gasteiger partial charge >= 0.3 is 12.0 Å². The minimum Gasteiger partial charge on any atom is -0.481 e. The number of guanidine groups is 1.